The first-order valence-electron chi connectivity index (χ1n) is 9.46. The van der Waals surface area contributed by atoms with Crippen LogP contribution >= 0.6 is 0 Å². The number of hydrogen-bond acceptors (Lipinski definition) is 3. The maximum absolute atomic E-state index is 9.75. The van der Waals surface area contributed by atoms with Gasteiger partial charge in [0.25, 0.3) is 0 Å². The van der Waals surface area contributed by atoms with Gasteiger partial charge in [0.15, 0.2) is 0 Å². The van der Waals surface area contributed by atoms with Gasteiger partial charge in [-0.3, -0.25) is 4.99 Å². The molecule has 0 aromatic heterocycles. The van der Waals surface area contributed by atoms with Gasteiger partial charge < -0.3 is 5.32 Å². The Morgan fingerprint density at radius 1 is 0.889 bits per heavy atom. The molecule has 3 heteroatoms. The Morgan fingerprint density at radius 3 is 1.93 bits per heavy atom. The summed E-state index contributed by atoms with van der Waals surface area (Å²) in [6.07, 6.45) is 0. The third-order valence-corrected chi connectivity index (χ3v) is 4.58. The summed E-state index contributed by atoms with van der Waals surface area (Å²) >= 11 is 0. The molecule has 0 atom stereocenters. The first-order valence-corrected chi connectivity index (χ1v) is 9.46. The summed E-state index contributed by atoms with van der Waals surface area (Å²) in [6, 6.07) is 18.6. The van der Waals surface area contributed by atoms with Crippen LogP contribution in [0.5, 0.6) is 0 Å². The average Bonchev–Trinajstić information content (AvgIpc) is 2.62. The number of hydrogen-bond donors (Lipinski definition) is 1. The van der Waals surface area contributed by atoms with Gasteiger partial charge in [-0.05, 0) is 48.9 Å². The SMILES string of the molecule is CC(=Nc1c(C(C)C)cccc1C(C)C)/C(C#N)=C(/C)Nc1ccccc1. The van der Waals surface area contributed by atoms with Crippen LogP contribution in [-0.2, 0) is 0 Å². The topological polar surface area (TPSA) is 48.2 Å². The van der Waals surface area contributed by atoms with Crippen molar-refractivity contribution in [3.63, 3.8) is 0 Å². The van der Waals surface area contributed by atoms with Gasteiger partial charge in [-0.2, -0.15) is 5.26 Å². The molecule has 0 saturated carbocycles. The van der Waals surface area contributed by atoms with E-state index in [9.17, 15) is 5.26 Å². The zero-order valence-electron chi connectivity index (χ0n) is 17.2. The van der Waals surface area contributed by atoms with E-state index in [4.69, 9.17) is 4.99 Å². The lowest BCUT2D eigenvalue weighted by molar-refractivity contribution is 0.834. The number of allylic oxidation sites excluding steroid dienone is 2. The molecule has 3 nitrogen and oxygen atoms in total. The Hall–Kier alpha value is -2.86. The van der Waals surface area contributed by atoms with Crippen molar-refractivity contribution in [1.29, 1.82) is 5.26 Å². The summed E-state index contributed by atoms with van der Waals surface area (Å²) < 4.78 is 0. The Kier molecular flexibility index (Phi) is 6.96. The fraction of sp³-hybridized carbons (Fsp3) is 0.333. The molecule has 0 aliphatic carbocycles. The van der Waals surface area contributed by atoms with Gasteiger partial charge >= 0.3 is 0 Å². The van der Waals surface area contributed by atoms with E-state index >= 15 is 0 Å². The zero-order valence-corrected chi connectivity index (χ0v) is 17.2. The van der Waals surface area contributed by atoms with Gasteiger partial charge in [-0.25, -0.2) is 0 Å². The Bertz CT molecular complexity index is 855. The van der Waals surface area contributed by atoms with Gasteiger partial charge in [0.2, 0.25) is 0 Å². The second-order valence-electron chi connectivity index (χ2n) is 7.39. The standard InChI is InChI=1S/C24H29N3/c1-16(2)21-13-10-14-22(17(3)4)24(21)27-19(6)23(15-25)18(5)26-20-11-8-7-9-12-20/h7-14,16-17,26H,1-6H3/b23-18-,27-19?. The number of rotatable bonds is 6. The highest BCUT2D eigenvalue weighted by atomic mass is 14.9. The van der Waals surface area contributed by atoms with E-state index in [0.717, 1.165) is 22.8 Å². The minimum absolute atomic E-state index is 0.369. The lowest BCUT2D eigenvalue weighted by Crippen LogP contribution is -2.06. The third-order valence-electron chi connectivity index (χ3n) is 4.58. The number of anilines is 1. The maximum Gasteiger partial charge on any atom is 0.103 e. The molecule has 27 heavy (non-hydrogen) atoms. The molecule has 1 N–H and O–H groups in total. The monoisotopic (exact) mass is 359 g/mol. The van der Waals surface area contributed by atoms with Crippen molar-refractivity contribution in [1.82, 2.24) is 0 Å². The molecule has 2 aromatic rings. The first kappa shape index (κ1) is 20.5. The highest BCUT2D eigenvalue weighted by Gasteiger charge is 2.15. The maximum atomic E-state index is 9.75. The van der Waals surface area contributed by atoms with Crippen LogP contribution in [0.15, 0.2) is 64.8 Å². The molecule has 2 aromatic carbocycles. The van der Waals surface area contributed by atoms with Crippen LogP contribution in [0.1, 0.15) is 64.5 Å². The van der Waals surface area contributed by atoms with Crippen molar-refractivity contribution >= 4 is 17.1 Å². The second-order valence-corrected chi connectivity index (χ2v) is 7.39. The first-order chi connectivity index (χ1) is 12.8. The fourth-order valence-electron chi connectivity index (χ4n) is 3.10. The van der Waals surface area contributed by atoms with Crippen molar-refractivity contribution in [2.24, 2.45) is 4.99 Å². The van der Waals surface area contributed by atoms with Crippen LogP contribution < -0.4 is 5.32 Å². The average molecular weight is 360 g/mol. The van der Waals surface area contributed by atoms with Crippen molar-refractivity contribution in [3.8, 4) is 6.07 Å². The summed E-state index contributed by atoms with van der Waals surface area (Å²) in [7, 11) is 0. The van der Waals surface area contributed by atoms with E-state index in [1.807, 2.05) is 44.2 Å². The molecule has 0 radical (unpaired) electrons. The molecule has 0 aliphatic rings. The highest BCUT2D eigenvalue weighted by Crippen LogP contribution is 2.35. The van der Waals surface area contributed by atoms with Crippen molar-refractivity contribution in [3.05, 3.63) is 70.9 Å². The van der Waals surface area contributed by atoms with Crippen LogP contribution in [0.2, 0.25) is 0 Å². The zero-order chi connectivity index (χ0) is 20.0. The van der Waals surface area contributed by atoms with Gasteiger partial charge in [-0.1, -0.05) is 64.1 Å². The lowest BCUT2D eigenvalue weighted by Gasteiger charge is -2.17. The second kappa shape index (κ2) is 9.19. The van der Waals surface area contributed by atoms with E-state index in [1.54, 1.807) is 0 Å². The van der Waals surface area contributed by atoms with Crippen LogP contribution in [0.25, 0.3) is 0 Å². The molecule has 0 unspecified atom stereocenters. The quantitative estimate of drug-likeness (QED) is 0.449. The van der Waals surface area contributed by atoms with Crippen molar-refractivity contribution < 1.29 is 0 Å². The lowest BCUT2D eigenvalue weighted by atomic mass is 9.92. The number of aliphatic imine (C=N–C) groups is 1. The van der Waals surface area contributed by atoms with Gasteiger partial charge in [0.05, 0.1) is 17.0 Å². The van der Waals surface area contributed by atoms with E-state index in [0.29, 0.717) is 17.4 Å². The van der Waals surface area contributed by atoms with Crippen LogP contribution in [0, 0.1) is 11.3 Å². The minimum Gasteiger partial charge on any atom is -0.358 e. The Balaban J connectivity index is 2.51. The van der Waals surface area contributed by atoms with Crippen LogP contribution in [-0.4, -0.2) is 5.71 Å². The molecule has 140 valence electrons. The van der Waals surface area contributed by atoms with E-state index < -0.39 is 0 Å². The van der Waals surface area contributed by atoms with Gasteiger partial charge in [-0.15, -0.1) is 0 Å². The van der Waals surface area contributed by atoms with Crippen LogP contribution in [0.3, 0.4) is 0 Å². The summed E-state index contributed by atoms with van der Waals surface area (Å²) in [5, 5.41) is 13.1. The Morgan fingerprint density at radius 2 is 1.44 bits per heavy atom. The fourth-order valence-corrected chi connectivity index (χ4v) is 3.10. The number of benzene rings is 2. The molecule has 0 heterocycles. The summed E-state index contributed by atoms with van der Waals surface area (Å²) in [6.45, 7) is 12.5. The van der Waals surface area contributed by atoms with E-state index in [1.165, 1.54) is 11.1 Å². The molecule has 0 amide bonds. The molecule has 0 aliphatic heterocycles. The predicted molar refractivity (Wildman–Crippen MR) is 116 cm³/mol. The molecule has 0 saturated heterocycles. The Labute approximate surface area is 163 Å². The molecular formula is C24H29N3. The number of para-hydroxylation sites is 2. The number of nitrogens with zero attached hydrogens (tertiary/aromatic N) is 2. The molecule has 0 bridgehead atoms. The van der Waals surface area contributed by atoms with Gasteiger partial charge in [0, 0.05) is 11.4 Å². The molecule has 0 spiro atoms. The van der Waals surface area contributed by atoms with Crippen molar-refractivity contribution in [2.45, 2.75) is 53.4 Å². The van der Waals surface area contributed by atoms with Crippen molar-refractivity contribution in [2.75, 3.05) is 5.32 Å². The number of nitrogens with one attached hydrogen (secondary N) is 1. The number of nitriles is 1. The normalized spacial score (nSPS) is 12.8. The molecule has 0 fully saturated rings. The molecular weight excluding hydrogens is 330 g/mol. The highest BCUT2D eigenvalue weighted by molar-refractivity contribution is 6.04. The largest absolute Gasteiger partial charge is 0.358 e. The molecule has 2 rings (SSSR count). The van der Waals surface area contributed by atoms with E-state index in [2.05, 4.69) is 57.3 Å². The predicted octanol–water partition coefficient (Wildman–Crippen LogP) is 6.94. The van der Waals surface area contributed by atoms with Gasteiger partial charge in [0.1, 0.15) is 6.07 Å². The van der Waals surface area contributed by atoms with Crippen LogP contribution in [0.4, 0.5) is 11.4 Å². The summed E-state index contributed by atoms with van der Waals surface area (Å²) in [5.41, 5.74) is 6.50. The third kappa shape index (κ3) is 5.08. The summed E-state index contributed by atoms with van der Waals surface area (Å²) in [5.74, 6) is 0.738. The minimum atomic E-state index is 0.369. The summed E-state index contributed by atoms with van der Waals surface area (Å²) in [4.78, 5) is 4.93. The van der Waals surface area contributed by atoms with E-state index in [-0.39, 0.29) is 0 Å². The smallest absolute Gasteiger partial charge is 0.103 e.